The Bertz CT molecular complexity index is 1290. The topological polar surface area (TPSA) is 100 Å². The molecule has 5 rings (SSSR count). The van der Waals surface area contributed by atoms with Gasteiger partial charge in [0.15, 0.2) is 0 Å². The van der Waals surface area contributed by atoms with Gasteiger partial charge in [0, 0.05) is 30.8 Å². The highest BCUT2D eigenvalue weighted by Crippen LogP contribution is 2.37. The van der Waals surface area contributed by atoms with Gasteiger partial charge >= 0.3 is 0 Å². The third-order valence-electron chi connectivity index (χ3n) is 6.95. The number of hydrogen-bond acceptors (Lipinski definition) is 5. The Labute approximate surface area is 203 Å². The van der Waals surface area contributed by atoms with Gasteiger partial charge in [0.2, 0.25) is 5.91 Å². The third kappa shape index (κ3) is 4.59. The van der Waals surface area contributed by atoms with Crippen molar-refractivity contribution in [2.45, 2.75) is 46.1 Å². The molecule has 1 saturated carbocycles. The standard InChI is InChI=1S/C26H30FN5O3/c1-4-21(33)32-10-14(2)19(11-32)31-26(34)22-15(3)30-25-23(28-13-29-24(22)25)18-9-17(27)7-8-20(18)35-12-16-5-6-16/h7-9,13-14,16,19,30H,4-6,10-12H2,1-3H3,(H,31,34). The number of carbonyl (C=O) groups excluding carboxylic acids is 2. The normalized spacial score (nSPS) is 19.8. The highest BCUT2D eigenvalue weighted by molar-refractivity contribution is 6.09. The number of nitrogens with zero attached hydrogens (tertiary/aromatic N) is 3. The minimum absolute atomic E-state index is 0.0871. The summed E-state index contributed by atoms with van der Waals surface area (Å²) in [5.41, 5.74) is 3.09. The fourth-order valence-electron chi connectivity index (χ4n) is 4.73. The Balaban J connectivity index is 1.46. The minimum Gasteiger partial charge on any atom is -0.493 e. The monoisotopic (exact) mass is 479 g/mol. The summed E-state index contributed by atoms with van der Waals surface area (Å²) in [6, 6.07) is 4.25. The lowest BCUT2D eigenvalue weighted by molar-refractivity contribution is -0.129. The number of benzene rings is 1. The van der Waals surface area contributed by atoms with Gasteiger partial charge in [0.05, 0.1) is 23.7 Å². The van der Waals surface area contributed by atoms with E-state index < -0.39 is 5.82 Å². The number of amides is 2. The average molecular weight is 480 g/mol. The molecule has 35 heavy (non-hydrogen) atoms. The second-order valence-corrected chi connectivity index (χ2v) is 9.68. The second kappa shape index (κ2) is 9.28. The van der Waals surface area contributed by atoms with Crippen molar-refractivity contribution in [1.82, 2.24) is 25.2 Å². The van der Waals surface area contributed by atoms with Crippen LogP contribution in [0.3, 0.4) is 0 Å². The maximum absolute atomic E-state index is 14.2. The molecule has 2 amide bonds. The van der Waals surface area contributed by atoms with Gasteiger partial charge in [-0.15, -0.1) is 0 Å². The van der Waals surface area contributed by atoms with E-state index in [0.717, 1.165) is 12.8 Å². The number of aromatic amines is 1. The zero-order chi connectivity index (χ0) is 24.7. The molecule has 2 atom stereocenters. The number of hydrogen-bond donors (Lipinski definition) is 2. The maximum Gasteiger partial charge on any atom is 0.255 e. The molecule has 1 aromatic carbocycles. The summed E-state index contributed by atoms with van der Waals surface area (Å²) in [7, 11) is 0. The van der Waals surface area contributed by atoms with Crippen molar-refractivity contribution < 1.29 is 18.7 Å². The van der Waals surface area contributed by atoms with Crippen molar-refractivity contribution in [3.8, 4) is 17.0 Å². The first-order chi connectivity index (χ1) is 16.9. The molecule has 0 bridgehead atoms. The molecule has 2 N–H and O–H groups in total. The Morgan fingerprint density at radius 1 is 1.26 bits per heavy atom. The van der Waals surface area contributed by atoms with Gasteiger partial charge in [0.1, 0.15) is 29.1 Å². The van der Waals surface area contributed by atoms with Crippen LogP contribution in [0, 0.1) is 24.6 Å². The van der Waals surface area contributed by atoms with Gasteiger partial charge < -0.3 is 19.9 Å². The lowest BCUT2D eigenvalue weighted by Crippen LogP contribution is -2.40. The Morgan fingerprint density at radius 3 is 2.80 bits per heavy atom. The van der Waals surface area contributed by atoms with Crippen LogP contribution in [0.1, 0.15) is 49.2 Å². The average Bonchev–Trinajstić information content (AvgIpc) is 3.51. The maximum atomic E-state index is 14.2. The van der Waals surface area contributed by atoms with Crippen LogP contribution in [-0.2, 0) is 4.79 Å². The van der Waals surface area contributed by atoms with E-state index in [4.69, 9.17) is 4.74 Å². The molecular weight excluding hydrogens is 449 g/mol. The minimum atomic E-state index is -0.395. The van der Waals surface area contributed by atoms with Crippen molar-refractivity contribution in [3.05, 3.63) is 41.6 Å². The van der Waals surface area contributed by atoms with E-state index in [-0.39, 0.29) is 23.8 Å². The van der Waals surface area contributed by atoms with Gasteiger partial charge in [-0.1, -0.05) is 13.8 Å². The number of aryl methyl sites for hydroxylation is 1. The molecule has 3 aromatic rings. The molecule has 1 saturated heterocycles. The van der Waals surface area contributed by atoms with E-state index in [1.165, 1.54) is 18.5 Å². The second-order valence-electron chi connectivity index (χ2n) is 9.68. The molecule has 9 heteroatoms. The first-order valence-electron chi connectivity index (χ1n) is 12.2. The van der Waals surface area contributed by atoms with Crippen molar-refractivity contribution in [2.24, 2.45) is 11.8 Å². The molecule has 2 unspecified atom stereocenters. The van der Waals surface area contributed by atoms with Gasteiger partial charge in [-0.2, -0.15) is 0 Å². The molecule has 8 nitrogen and oxygen atoms in total. The summed E-state index contributed by atoms with van der Waals surface area (Å²) in [6.07, 6.45) is 4.12. The fourth-order valence-corrected chi connectivity index (χ4v) is 4.73. The first kappa shape index (κ1) is 23.3. The number of likely N-dealkylation sites (tertiary alicyclic amines) is 1. The molecule has 0 radical (unpaired) electrons. The SMILES string of the molecule is CCC(=O)N1CC(C)C(NC(=O)c2c(C)[nH]c3c(-c4cc(F)ccc4OCC4CC4)ncnc23)C1. The highest BCUT2D eigenvalue weighted by Gasteiger charge is 2.34. The number of rotatable bonds is 7. The molecule has 2 fully saturated rings. The summed E-state index contributed by atoms with van der Waals surface area (Å²) in [6.45, 7) is 7.38. The smallest absolute Gasteiger partial charge is 0.255 e. The number of ether oxygens (including phenoxy) is 1. The molecule has 0 spiro atoms. The zero-order valence-electron chi connectivity index (χ0n) is 20.2. The number of H-pyrrole nitrogens is 1. The van der Waals surface area contributed by atoms with Crippen LogP contribution >= 0.6 is 0 Å². The van der Waals surface area contributed by atoms with Crippen LogP contribution in [0.2, 0.25) is 0 Å². The summed E-state index contributed by atoms with van der Waals surface area (Å²) in [5, 5.41) is 3.09. The van der Waals surface area contributed by atoms with E-state index in [1.54, 1.807) is 17.9 Å². The number of aromatic nitrogens is 3. The largest absolute Gasteiger partial charge is 0.493 e. The van der Waals surface area contributed by atoms with Crippen molar-refractivity contribution >= 4 is 22.8 Å². The van der Waals surface area contributed by atoms with Crippen LogP contribution in [-0.4, -0.2) is 57.4 Å². The molecule has 2 aliphatic rings. The van der Waals surface area contributed by atoms with Crippen LogP contribution < -0.4 is 10.1 Å². The molecular formula is C26H30FN5O3. The molecule has 184 valence electrons. The van der Waals surface area contributed by atoms with Gasteiger partial charge in [0.25, 0.3) is 5.91 Å². The van der Waals surface area contributed by atoms with E-state index in [0.29, 0.717) is 71.3 Å². The van der Waals surface area contributed by atoms with E-state index >= 15 is 0 Å². The van der Waals surface area contributed by atoms with E-state index in [1.807, 2.05) is 13.8 Å². The van der Waals surface area contributed by atoms with Gasteiger partial charge in [-0.3, -0.25) is 9.59 Å². The Kier molecular flexibility index (Phi) is 6.17. The van der Waals surface area contributed by atoms with E-state index in [9.17, 15) is 14.0 Å². The number of fused-ring (bicyclic) bond motifs is 1. The lowest BCUT2D eigenvalue weighted by atomic mass is 10.1. The van der Waals surface area contributed by atoms with Crippen LogP contribution in [0.5, 0.6) is 5.75 Å². The number of nitrogens with one attached hydrogen (secondary N) is 2. The molecule has 1 aliphatic heterocycles. The number of halogens is 1. The first-order valence-corrected chi connectivity index (χ1v) is 12.2. The molecule has 3 heterocycles. The lowest BCUT2D eigenvalue weighted by Gasteiger charge is -2.17. The zero-order valence-corrected chi connectivity index (χ0v) is 20.2. The summed E-state index contributed by atoms with van der Waals surface area (Å²) in [4.78, 5) is 39.3. The summed E-state index contributed by atoms with van der Waals surface area (Å²) < 4.78 is 20.2. The van der Waals surface area contributed by atoms with Gasteiger partial charge in [-0.25, -0.2) is 14.4 Å². The third-order valence-corrected chi connectivity index (χ3v) is 6.95. The summed E-state index contributed by atoms with van der Waals surface area (Å²) >= 11 is 0. The molecule has 1 aliphatic carbocycles. The quantitative estimate of drug-likeness (QED) is 0.536. The van der Waals surface area contributed by atoms with Crippen molar-refractivity contribution in [1.29, 1.82) is 0 Å². The number of carbonyl (C=O) groups is 2. The Hall–Kier alpha value is -3.49. The van der Waals surface area contributed by atoms with Crippen LogP contribution in [0.4, 0.5) is 4.39 Å². The van der Waals surface area contributed by atoms with Crippen LogP contribution in [0.25, 0.3) is 22.3 Å². The van der Waals surface area contributed by atoms with Crippen LogP contribution in [0.15, 0.2) is 24.5 Å². The predicted octanol–water partition coefficient (Wildman–Crippen LogP) is 3.85. The van der Waals surface area contributed by atoms with Gasteiger partial charge in [-0.05, 0) is 49.8 Å². The van der Waals surface area contributed by atoms with Crippen molar-refractivity contribution in [3.63, 3.8) is 0 Å². The predicted molar refractivity (Wildman–Crippen MR) is 130 cm³/mol. The van der Waals surface area contributed by atoms with E-state index in [2.05, 4.69) is 20.3 Å². The molecule has 2 aromatic heterocycles. The van der Waals surface area contributed by atoms with Crippen molar-refractivity contribution in [2.75, 3.05) is 19.7 Å². The summed E-state index contributed by atoms with van der Waals surface area (Å²) in [5.74, 6) is 0.672. The highest BCUT2D eigenvalue weighted by atomic mass is 19.1. The fraction of sp³-hybridized carbons (Fsp3) is 0.462. The Morgan fingerprint density at radius 2 is 2.06 bits per heavy atom.